The van der Waals surface area contributed by atoms with Crippen LogP contribution in [0.15, 0.2) is 4.79 Å². The van der Waals surface area contributed by atoms with Gasteiger partial charge in [-0.1, -0.05) is 64.7 Å². The van der Waals surface area contributed by atoms with Gasteiger partial charge in [0.15, 0.2) is 0 Å². The number of halogens is 2. The Bertz CT molecular complexity index is 634. The van der Waals surface area contributed by atoms with Crippen LogP contribution in [-0.2, 0) is 17.7 Å². The summed E-state index contributed by atoms with van der Waals surface area (Å²) in [6, 6.07) is 0. The first-order valence-corrected chi connectivity index (χ1v) is 12.0. The Kier molecular flexibility index (Phi) is 13.9. The van der Waals surface area contributed by atoms with Crippen LogP contribution in [0.2, 0.25) is 0 Å². The van der Waals surface area contributed by atoms with Gasteiger partial charge >= 0.3 is 0 Å². The number of nitrogens with zero attached hydrogens (tertiary/aromatic N) is 2. The van der Waals surface area contributed by atoms with Crippen LogP contribution < -0.4 is 5.56 Å². The summed E-state index contributed by atoms with van der Waals surface area (Å²) in [6.45, 7) is 5.69. The van der Waals surface area contributed by atoms with Gasteiger partial charge in [-0.2, -0.15) is 0 Å². The van der Waals surface area contributed by atoms with Crippen molar-refractivity contribution in [2.24, 2.45) is 0 Å². The maximum atomic E-state index is 12.7. The second-order valence-corrected chi connectivity index (χ2v) is 8.49. The molecule has 1 aliphatic heterocycles. The lowest BCUT2D eigenvalue weighted by molar-refractivity contribution is 0.0239. The maximum Gasteiger partial charge on any atom is 0.257 e. The van der Waals surface area contributed by atoms with Gasteiger partial charge in [0, 0.05) is 30.3 Å². The molecule has 168 valence electrons. The van der Waals surface area contributed by atoms with E-state index in [-0.39, 0.29) is 24.1 Å². The summed E-state index contributed by atoms with van der Waals surface area (Å²) >= 11 is 5.85. The van der Waals surface area contributed by atoms with E-state index in [2.05, 4.69) is 6.92 Å². The number of ether oxygens (including phenoxy) is 1. The molecule has 1 atom stereocenters. The molecule has 0 N–H and O–H groups in total. The molecule has 0 radical (unpaired) electrons. The number of hydrogen-bond acceptors (Lipinski definition) is 3. The topological polar surface area (TPSA) is 44.1 Å². The normalized spacial score (nSPS) is 15.8. The van der Waals surface area contributed by atoms with Crippen molar-refractivity contribution in [3.05, 3.63) is 27.4 Å². The predicted octanol–water partition coefficient (Wildman–Crippen LogP) is 6.53. The van der Waals surface area contributed by atoms with Crippen molar-refractivity contribution < 1.29 is 4.74 Å². The van der Waals surface area contributed by atoms with Crippen molar-refractivity contribution in [3.63, 3.8) is 0 Å². The van der Waals surface area contributed by atoms with E-state index in [4.69, 9.17) is 21.3 Å². The zero-order valence-corrected chi connectivity index (χ0v) is 20.0. The van der Waals surface area contributed by atoms with Crippen molar-refractivity contribution in [1.29, 1.82) is 0 Å². The molecule has 1 aromatic rings. The Morgan fingerprint density at radius 2 is 1.69 bits per heavy atom. The summed E-state index contributed by atoms with van der Waals surface area (Å²) in [6.07, 6.45) is 15.7. The molecule has 0 saturated carbocycles. The molecule has 0 amide bonds. The average Bonchev–Trinajstić information content (AvgIpc) is 2.69. The van der Waals surface area contributed by atoms with Crippen LogP contribution in [-0.4, -0.2) is 22.0 Å². The van der Waals surface area contributed by atoms with Gasteiger partial charge in [0.2, 0.25) is 0 Å². The Hall–Kier alpha value is -0.580. The quantitative estimate of drug-likeness (QED) is 0.241. The van der Waals surface area contributed by atoms with Crippen LogP contribution >= 0.6 is 24.0 Å². The third-order valence-corrected chi connectivity index (χ3v) is 5.99. The molecule has 0 bridgehead atoms. The molecule has 29 heavy (non-hydrogen) atoms. The molecule has 2 rings (SSSR count). The van der Waals surface area contributed by atoms with Crippen molar-refractivity contribution in [3.8, 4) is 0 Å². The van der Waals surface area contributed by atoms with E-state index >= 15 is 0 Å². The van der Waals surface area contributed by atoms with Gasteiger partial charge in [-0.15, -0.1) is 24.0 Å². The lowest BCUT2D eigenvalue weighted by atomic mass is 10.1. The molecule has 0 fully saturated rings. The fourth-order valence-electron chi connectivity index (χ4n) is 4.10. The van der Waals surface area contributed by atoms with Gasteiger partial charge < -0.3 is 4.74 Å². The zero-order chi connectivity index (χ0) is 20.2. The molecule has 4 nitrogen and oxygen atoms in total. The first kappa shape index (κ1) is 26.5. The molecule has 1 aliphatic rings. The summed E-state index contributed by atoms with van der Waals surface area (Å²) < 4.78 is 7.96. The number of aryl methyl sites for hydroxylation is 1. The standard InChI is InChI=1S/C23H39ClN2O2.ClH/c1-3-4-5-6-7-8-9-10-11-12-18-28-21-14-13-17-26-22(21)25-19(2)20(15-16-24)23(26)27;/h21H,3-18H2,1-2H3;1H. The fourth-order valence-corrected chi connectivity index (χ4v) is 4.29. The highest BCUT2D eigenvalue weighted by molar-refractivity contribution is 6.17. The van der Waals surface area contributed by atoms with E-state index < -0.39 is 0 Å². The summed E-state index contributed by atoms with van der Waals surface area (Å²) in [5.41, 5.74) is 1.65. The lowest BCUT2D eigenvalue weighted by Crippen LogP contribution is -2.34. The van der Waals surface area contributed by atoms with Gasteiger partial charge in [0.1, 0.15) is 11.9 Å². The first-order chi connectivity index (χ1) is 13.7. The molecule has 0 aliphatic carbocycles. The third-order valence-electron chi connectivity index (χ3n) is 5.80. The Balaban J connectivity index is 0.00000420. The second kappa shape index (κ2) is 15.3. The van der Waals surface area contributed by atoms with E-state index in [0.717, 1.165) is 49.5 Å². The molecule has 1 aromatic heterocycles. The van der Waals surface area contributed by atoms with Crippen LogP contribution in [0, 0.1) is 6.92 Å². The van der Waals surface area contributed by atoms with Gasteiger partial charge in [-0.05, 0) is 32.6 Å². The molecule has 6 heteroatoms. The fraction of sp³-hybridized carbons (Fsp3) is 0.826. The number of alkyl halides is 1. The van der Waals surface area contributed by atoms with Crippen LogP contribution in [0.4, 0.5) is 0 Å². The van der Waals surface area contributed by atoms with Crippen LogP contribution in [0.1, 0.15) is 107 Å². The van der Waals surface area contributed by atoms with E-state index in [1.165, 1.54) is 57.8 Å². The maximum absolute atomic E-state index is 12.7. The van der Waals surface area contributed by atoms with Crippen LogP contribution in [0.5, 0.6) is 0 Å². The molecule has 2 heterocycles. The monoisotopic (exact) mass is 446 g/mol. The third kappa shape index (κ3) is 8.59. The lowest BCUT2D eigenvalue weighted by Gasteiger charge is -2.27. The zero-order valence-electron chi connectivity index (χ0n) is 18.4. The van der Waals surface area contributed by atoms with E-state index in [1.807, 2.05) is 11.5 Å². The Morgan fingerprint density at radius 1 is 1.07 bits per heavy atom. The summed E-state index contributed by atoms with van der Waals surface area (Å²) in [5, 5.41) is 0. The van der Waals surface area contributed by atoms with Crippen molar-refractivity contribution in [2.75, 3.05) is 12.5 Å². The molecular formula is C23H40Cl2N2O2. The number of aromatic nitrogens is 2. The van der Waals surface area contributed by atoms with Crippen LogP contribution in [0.25, 0.3) is 0 Å². The highest BCUT2D eigenvalue weighted by atomic mass is 35.5. The largest absolute Gasteiger partial charge is 0.370 e. The van der Waals surface area contributed by atoms with Crippen molar-refractivity contribution in [2.45, 2.75) is 110 Å². The smallest absolute Gasteiger partial charge is 0.257 e. The second-order valence-electron chi connectivity index (χ2n) is 8.11. The molecule has 0 saturated heterocycles. The number of hydrogen-bond donors (Lipinski definition) is 0. The van der Waals surface area contributed by atoms with Gasteiger partial charge in [0.25, 0.3) is 5.56 Å². The van der Waals surface area contributed by atoms with E-state index in [9.17, 15) is 4.79 Å². The molecular weight excluding hydrogens is 407 g/mol. The Morgan fingerprint density at radius 3 is 2.31 bits per heavy atom. The minimum absolute atomic E-state index is 0. The molecule has 0 aromatic carbocycles. The molecule has 0 spiro atoms. The van der Waals surface area contributed by atoms with Crippen LogP contribution in [0.3, 0.4) is 0 Å². The number of unbranched alkanes of at least 4 members (excludes halogenated alkanes) is 9. The van der Waals surface area contributed by atoms with E-state index in [1.54, 1.807) is 0 Å². The van der Waals surface area contributed by atoms with Crippen molar-refractivity contribution in [1.82, 2.24) is 9.55 Å². The summed E-state index contributed by atoms with van der Waals surface area (Å²) in [4.78, 5) is 17.5. The highest BCUT2D eigenvalue weighted by Crippen LogP contribution is 2.26. The predicted molar refractivity (Wildman–Crippen MR) is 125 cm³/mol. The highest BCUT2D eigenvalue weighted by Gasteiger charge is 2.25. The Labute approximate surface area is 188 Å². The van der Waals surface area contributed by atoms with E-state index in [0.29, 0.717) is 12.3 Å². The summed E-state index contributed by atoms with van der Waals surface area (Å²) in [7, 11) is 0. The summed E-state index contributed by atoms with van der Waals surface area (Å²) in [5.74, 6) is 1.27. The molecule has 1 unspecified atom stereocenters. The van der Waals surface area contributed by atoms with Gasteiger partial charge in [-0.25, -0.2) is 4.98 Å². The average molecular weight is 447 g/mol. The number of fused-ring (bicyclic) bond motifs is 1. The minimum Gasteiger partial charge on any atom is -0.370 e. The van der Waals surface area contributed by atoms with Gasteiger partial charge in [-0.3, -0.25) is 9.36 Å². The first-order valence-electron chi connectivity index (χ1n) is 11.5. The minimum atomic E-state index is -0.0382. The van der Waals surface area contributed by atoms with Gasteiger partial charge in [0.05, 0.1) is 0 Å². The number of rotatable bonds is 14. The van der Waals surface area contributed by atoms with Crippen molar-refractivity contribution >= 4 is 24.0 Å². The SMILES string of the molecule is CCCCCCCCCCCCOC1CCCn2c1nc(C)c(CCCl)c2=O.Cl.